The number of hydrogen-bond donors (Lipinski definition) is 1. The van der Waals surface area contributed by atoms with E-state index in [1.54, 1.807) is 18.2 Å². The number of nitrogens with one attached hydrogen (secondary N) is 1. The molecule has 0 unspecified atom stereocenters. The molecule has 6 nitrogen and oxygen atoms in total. The molecule has 1 aromatic heterocycles. The van der Waals surface area contributed by atoms with Gasteiger partial charge in [0.05, 0.1) is 11.7 Å². The standard InChI is InChI=1S/C20H20ClNO5/c21-15-7-4-6-14(12-15)20(9-2-1-3-10-20)19(25)27-13-17(23)22-18(24)16-8-5-11-26-16/h4-8,11-12H,1-3,9-10,13H2,(H,22,23,24). The molecule has 0 aliphatic heterocycles. The Labute approximate surface area is 161 Å². The van der Waals surface area contributed by atoms with Crippen molar-refractivity contribution < 1.29 is 23.5 Å². The molecule has 1 aromatic carbocycles. The molecule has 3 rings (SSSR count). The Morgan fingerprint density at radius 2 is 1.89 bits per heavy atom. The lowest BCUT2D eigenvalue weighted by atomic mass is 9.69. The maximum atomic E-state index is 12.9. The van der Waals surface area contributed by atoms with E-state index in [1.165, 1.54) is 18.4 Å². The SMILES string of the molecule is O=C(COC(=O)C1(c2cccc(Cl)c2)CCCCC1)NC(=O)c1ccco1. The van der Waals surface area contributed by atoms with Crippen LogP contribution in [0.1, 0.15) is 48.2 Å². The molecule has 1 N–H and O–H groups in total. The van der Waals surface area contributed by atoms with E-state index in [1.807, 2.05) is 6.07 Å². The average molecular weight is 390 g/mol. The number of benzene rings is 1. The number of ether oxygens (including phenoxy) is 1. The fourth-order valence-corrected chi connectivity index (χ4v) is 3.64. The third-order valence-corrected chi connectivity index (χ3v) is 5.04. The Morgan fingerprint density at radius 3 is 2.56 bits per heavy atom. The largest absolute Gasteiger partial charge is 0.459 e. The van der Waals surface area contributed by atoms with Gasteiger partial charge in [0.15, 0.2) is 12.4 Å². The van der Waals surface area contributed by atoms with Gasteiger partial charge >= 0.3 is 5.97 Å². The predicted octanol–water partition coefficient (Wildman–Crippen LogP) is 3.63. The van der Waals surface area contributed by atoms with Crippen molar-refractivity contribution in [1.82, 2.24) is 5.32 Å². The molecule has 27 heavy (non-hydrogen) atoms. The number of esters is 1. The summed E-state index contributed by atoms with van der Waals surface area (Å²) in [6.07, 6.45) is 5.44. The fourth-order valence-electron chi connectivity index (χ4n) is 3.45. The first-order chi connectivity index (χ1) is 13.0. The first-order valence-corrected chi connectivity index (χ1v) is 9.20. The number of hydrogen-bond acceptors (Lipinski definition) is 5. The lowest BCUT2D eigenvalue weighted by molar-refractivity contribution is -0.155. The van der Waals surface area contributed by atoms with Crippen LogP contribution in [-0.4, -0.2) is 24.4 Å². The van der Waals surface area contributed by atoms with E-state index in [-0.39, 0.29) is 5.76 Å². The van der Waals surface area contributed by atoms with Gasteiger partial charge < -0.3 is 9.15 Å². The van der Waals surface area contributed by atoms with Crippen molar-refractivity contribution in [3.8, 4) is 0 Å². The van der Waals surface area contributed by atoms with Crippen molar-refractivity contribution in [2.24, 2.45) is 0 Å². The molecule has 0 bridgehead atoms. The Morgan fingerprint density at radius 1 is 1.11 bits per heavy atom. The highest BCUT2D eigenvalue weighted by Crippen LogP contribution is 2.41. The highest BCUT2D eigenvalue weighted by atomic mass is 35.5. The molecule has 1 fully saturated rings. The maximum absolute atomic E-state index is 12.9. The quantitative estimate of drug-likeness (QED) is 0.789. The number of carbonyl (C=O) groups excluding carboxylic acids is 3. The molecule has 142 valence electrons. The highest BCUT2D eigenvalue weighted by Gasteiger charge is 2.43. The summed E-state index contributed by atoms with van der Waals surface area (Å²) in [6, 6.07) is 10.2. The molecule has 1 aliphatic rings. The van der Waals surface area contributed by atoms with E-state index in [2.05, 4.69) is 5.32 Å². The van der Waals surface area contributed by atoms with Gasteiger partial charge in [-0.15, -0.1) is 0 Å². The molecule has 0 radical (unpaired) electrons. The summed E-state index contributed by atoms with van der Waals surface area (Å²) in [5.41, 5.74) is -0.0131. The summed E-state index contributed by atoms with van der Waals surface area (Å²) < 4.78 is 10.2. The zero-order valence-corrected chi connectivity index (χ0v) is 15.5. The smallest absolute Gasteiger partial charge is 0.317 e. The normalized spacial score (nSPS) is 15.7. The second kappa shape index (κ2) is 8.39. The second-order valence-electron chi connectivity index (χ2n) is 6.58. The minimum atomic E-state index is -0.811. The zero-order chi connectivity index (χ0) is 19.3. The Balaban J connectivity index is 1.66. The molecule has 2 amide bonds. The van der Waals surface area contributed by atoms with Crippen molar-refractivity contribution in [1.29, 1.82) is 0 Å². The van der Waals surface area contributed by atoms with Gasteiger partial charge in [-0.3, -0.25) is 19.7 Å². The predicted molar refractivity (Wildman–Crippen MR) is 98.4 cm³/mol. The first-order valence-electron chi connectivity index (χ1n) is 8.82. The Bertz CT molecular complexity index is 825. The summed E-state index contributed by atoms with van der Waals surface area (Å²) >= 11 is 6.10. The van der Waals surface area contributed by atoms with Gasteiger partial charge in [-0.25, -0.2) is 0 Å². The van der Waals surface area contributed by atoms with Crippen LogP contribution in [0.4, 0.5) is 0 Å². The minimum absolute atomic E-state index is 0.0114. The number of carbonyl (C=O) groups is 3. The van der Waals surface area contributed by atoms with Crippen molar-refractivity contribution >= 4 is 29.4 Å². The monoisotopic (exact) mass is 389 g/mol. The van der Waals surface area contributed by atoms with Crippen LogP contribution in [0.25, 0.3) is 0 Å². The molecule has 1 aliphatic carbocycles. The zero-order valence-electron chi connectivity index (χ0n) is 14.7. The van der Waals surface area contributed by atoms with Gasteiger partial charge in [0.25, 0.3) is 11.8 Å². The summed E-state index contributed by atoms with van der Waals surface area (Å²) in [6.45, 7) is -0.534. The van der Waals surface area contributed by atoms with Gasteiger partial charge in [0.2, 0.25) is 0 Å². The number of amides is 2. The van der Waals surface area contributed by atoms with Crippen LogP contribution in [0.15, 0.2) is 47.1 Å². The van der Waals surface area contributed by atoms with Crippen LogP contribution in [0, 0.1) is 0 Å². The highest BCUT2D eigenvalue weighted by molar-refractivity contribution is 6.30. The summed E-state index contributed by atoms with van der Waals surface area (Å²) in [5.74, 6) is -1.84. The van der Waals surface area contributed by atoms with Crippen LogP contribution < -0.4 is 5.32 Å². The van der Waals surface area contributed by atoms with Crippen LogP contribution in [0.2, 0.25) is 5.02 Å². The minimum Gasteiger partial charge on any atom is -0.459 e. The van der Waals surface area contributed by atoms with Crippen molar-refractivity contribution in [2.45, 2.75) is 37.5 Å². The second-order valence-corrected chi connectivity index (χ2v) is 7.02. The molecule has 1 heterocycles. The van der Waals surface area contributed by atoms with E-state index in [0.717, 1.165) is 24.8 Å². The number of imide groups is 1. The lowest BCUT2D eigenvalue weighted by Crippen LogP contribution is -2.42. The van der Waals surface area contributed by atoms with E-state index in [0.29, 0.717) is 17.9 Å². The molecule has 2 aromatic rings. The van der Waals surface area contributed by atoms with Crippen LogP contribution >= 0.6 is 11.6 Å². The molecule has 0 atom stereocenters. The third kappa shape index (κ3) is 4.39. The molecule has 7 heteroatoms. The lowest BCUT2D eigenvalue weighted by Gasteiger charge is -2.35. The van der Waals surface area contributed by atoms with Crippen LogP contribution in [0.3, 0.4) is 0 Å². The Kier molecular flexibility index (Phi) is 5.96. The van der Waals surface area contributed by atoms with Gasteiger partial charge in [0, 0.05) is 5.02 Å². The summed E-state index contributed by atoms with van der Waals surface area (Å²) in [5, 5.41) is 2.68. The van der Waals surface area contributed by atoms with Crippen molar-refractivity contribution in [2.75, 3.05) is 6.61 Å². The van der Waals surface area contributed by atoms with Gasteiger partial charge in [0.1, 0.15) is 0 Å². The van der Waals surface area contributed by atoms with Gasteiger partial charge in [-0.05, 0) is 42.7 Å². The topological polar surface area (TPSA) is 85.6 Å². The number of rotatable bonds is 5. The molecular weight excluding hydrogens is 370 g/mol. The third-order valence-electron chi connectivity index (χ3n) is 4.81. The fraction of sp³-hybridized carbons (Fsp3) is 0.350. The van der Waals surface area contributed by atoms with E-state index >= 15 is 0 Å². The van der Waals surface area contributed by atoms with Crippen LogP contribution in [0.5, 0.6) is 0 Å². The van der Waals surface area contributed by atoms with E-state index in [9.17, 15) is 14.4 Å². The summed E-state index contributed by atoms with van der Waals surface area (Å²) in [4.78, 5) is 36.7. The first kappa shape index (κ1) is 19.2. The maximum Gasteiger partial charge on any atom is 0.317 e. The van der Waals surface area contributed by atoms with Gasteiger partial charge in [-0.1, -0.05) is 43.0 Å². The van der Waals surface area contributed by atoms with Crippen molar-refractivity contribution in [3.63, 3.8) is 0 Å². The molecule has 0 spiro atoms. The van der Waals surface area contributed by atoms with Gasteiger partial charge in [-0.2, -0.15) is 0 Å². The van der Waals surface area contributed by atoms with E-state index in [4.69, 9.17) is 20.8 Å². The summed E-state index contributed by atoms with van der Waals surface area (Å²) in [7, 11) is 0. The number of furan rings is 1. The number of halogens is 1. The van der Waals surface area contributed by atoms with Crippen LogP contribution in [-0.2, 0) is 19.7 Å². The molecule has 0 saturated heterocycles. The van der Waals surface area contributed by atoms with E-state index < -0.39 is 29.8 Å². The molecular formula is C20H20ClNO5. The Hall–Kier alpha value is -2.60. The van der Waals surface area contributed by atoms with Crippen molar-refractivity contribution in [3.05, 3.63) is 59.0 Å². The average Bonchev–Trinajstić information content (AvgIpc) is 3.21. The molecule has 1 saturated carbocycles.